The van der Waals surface area contributed by atoms with E-state index in [4.69, 9.17) is 26.8 Å². The largest absolute Gasteiger partial charge is 0.483 e. The summed E-state index contributed by atoms with van der Waals surface area (Å²) in [6.45, 7) is 1.89. The molecule has 1 aliphatic heterocycles. The Morgan fingerprint density at radius 2 is 1.97 bits per heavy atom. The number of nitrogens with two attached hydrogens (primary N) is 1. The number of aromatic nitrogens is 4. The summed E-state index contributed by atoms with van der Waals surface area (Å²) < 4.78 is 39.1. The van der Waals surface area contributed by atoms with Crippen molar-refractivity contribution in [2.45, 2.75) is 12.8 Å². The molecule has 2 N–H and O–H groups in total. The minimum absolute atomic E-state index is 0.0582. The molecule has 4 rings (SSSR count). The van der Waals surface area contributed by atoms with Gasteiger partial charge in [-0.2, -0.15) is 10.1 Å². The van der Waals surface area contributed by atoms with Crippen molar-refractivity contribution >= 4 is 23.5 Å². The molecule has 2 aromatic heterocycles. The van der Waals surface area contributed by atoms with E-state index in [0.717, 1.165) is 0 Å². The lowest BCUT2D eigenvalue weighted by Gasteiger charge is -2.26. The molecule has 33 heavy (non-hydrogen) atoms. The number of ether oxygens (including phenoxy) is 2. The summed E-state index contributed by atoms with van der Waals surface area (Å²) >= 11 is 5.96. The van der Waals surface area contributed by atoms with Crippen LogP contribution in [0.25, 0.3) is 5.82 Å². The van der Waals surface area contributed by atoms with Crippen LogP contribution in [0.1, 0.15) is 23.4 Å². The molecule has 0 aliphatic carbocycles. The second-order valence-electron chi connectivity index (χ2n) is 7.25. The number of morpholine rings is 1. The molecule has 9 nitrogen and oxygen atoms in total. The van der Waals surface area contributed by atoms with Crippen molar-refractivity contribution in [3.05, 3.63) is 58.5 Å². The van der Waals surface area contributed by atoms with Gasteiger partial charge in [0.25, 0.3) is 12.3 Å². The molecule has 0 saturated carbocycles. The zero-order chi connectivity index (χ0) is 23.4. The van der Waals surface area contributed by atoms with E-state index in [-0.39, 0.29) is 35.9 Å². The average molecular weight is 479 g/mol. The summed E-state index contributed by atoms with van der Waals surface area (Å²) in [5.41, 5.74) is 6.34. The van der Waals surface area contributed by atoms with Crippen LogP contribution in [0, 0.1) is 0 Å². The van der Waals surface area contributed by atoms with Gasteiger partial charge in [0.15, 0.2) is 12.4 Å². The Balaban J connectivity index is 1.58. The highest BCUT2D eigenvalue weighted by Crippen LogP contribution is 2.26. The molecule has 174 valence electrons. The lowest BCUT2D eigenvalue weighted by atomic mass is 10.1. The monoisotopic (exact) mass is 478 g/mol. The SMILES string of the molecule is Nc1nc(Cl)cc(-n2nc(C(F)F)cc2Cc2ccccc2OCC(=O)N2CCOCC2)n1. The van der Waals surface area contributed by atoms with Gasteiger partial charge >= 0.3 is 0 Å². The summed E-state index contributed by atoms with van der Waals surface area (Å²) in [5, 5.41) is 4.03. The summed E-state index contributed by atoms with van der Waals surface area (Å²) in [6, 6.07) is 9.73. The standard InChI is InChI=1S/C21H21ClF2N6O3/c22-17-11-18(27-21(25)26-17)30-14(10-15(28-30)20(23)24)9-13-3-1-2-4-16(13)33-12-19(31)29-5-7-32-8-6-29/h1-4,10-11,20H,5-9,12H2,(H2,25,26,27). The minimum atomic E-state index is -2.78. The van der Waals surface area contributed by atoms with Gasteiger partial charge in [-0.15, -0.1) is 0 Å². The highest BCUT2D eigenvalue weighted by molar-refractivity contribution is 6.29. The first kappa shape index (κ1) is 22.9. The molecule has 0 atom stereocenters. The Labute approximate surface area is 193 Å². The fourth-order valence-electron chi connectivity index (χ4n) is 3.43. The number of nitrogen functional groups attached to an aromatic ring is 1. The summed E-state index contributed by atoms with van der Waals surface area (Å²) in [7, 11) is 0. The predicted molar refractivity (Wildman–Crippen MR) is 116 cm³/mol. The number of amides is 1. The van der Waals surface area contributed by atoms with E-state index < -0.39 is 12.1 Å². The van der Waals surface area contributed by atoms with Crippen molar-refractivity contribution in [3.8, 4) is 11.6 Å². The van der Waals surface area contributed by atoms with Crippen molar-refractivity contribution in [1.29, 1.82) is 0 Å². The van der Waals surface area contributed by atoms with E-state index in [1.807, 2.05) is 0 Å². The molecule has 0 bridgehead atoms. The number of hydrogen-bond donors (Lipinski definition) is 1. The van der Waals surface area contributed by atoms with Crippen LogP contribution in [0.2, 0.25) is 5.15 Å². The van der Waals surface area contributed by atoms with Gasteiger partial charge in [-0.25, -0.2) is 18.4 Å². The molecule has 3 aromatic rings. The van der Waals surface area contributed by atoms with Crippen LogP contribution in [0.15, 0.2) is 36.4 Å². The molecule has 0 unspecified atom stereocenters. The normalized spacial score (nSPS) is 14.0. The second-order valence-corrected chi connectivity index (χ2v) is 7.63. The van der Waals surface area contributed by atoms with Gasteiger partial charge in [0.2, 0.25) is 5.95 Å². The minimum Gasteiger partial charge on any atom is -0.483 e. The molecule has 1 aromatic carbocycles. The molecular weight excluding hydrogens is 458 g/mol. The molecule has 3 heterocycles. The van der Waals surface area contributed by atoms with Gasteiger partial charge in [-0.1, -0.05) is 29.8 Å². The van der Waals surface area contributed by atoms with Crippen LogP contribution >= 0.6 is 11.6 Å². The van der Waals surface area contributed by atoms with Crippen molar-refractivity contribution < 1.29 is 23.0 Å². The fraction of sp³-hybridized carbons (Fsp3) is 0.333. The average Bonchev–Trinajstić information content (AvgIpc) is 3.22. The van der Waals surface area contributed by atoms with Gasteiger partial charge in [0.1, 0.15) is 16.6 Å². The van der Waals surface area contributed by atoms with E-state index in [0.29, 0.717) is 43.3 Å². The smallest absolute Gasteiger partial charge is 0.282 e. The fourth-order valence-corrected chi connectivity index (χ4v) is 3.62. The van der Waals surface area contributed by atoms with Crippen LogP contribution in [0.5, 0.6) is 5.75 Å². The van der Waals surface area contributed by atoms with Crippen LogP contribution in [-0.2, 0) is 16.0 Å². The van der Waals surface area contributed by atoms with Crippen molar-refractivity contribution in [2.75, 3.05) is 38.6 Å². The topological polar surface area (TPSA) is 108 Å². The molecule has 0 radical (unpaired) electrons. The van der Waals surface area contributed by atoms with E-state index in [1.54, 1.807) is 29.2 Å². The van der Waals surface area contributed by atoms with Gasteiger partial charge in [0, 0.05) is 31.1 Å². The summed E-state index contributed by atoms with van der Waals surface area (Å²) in [4.78, 5) is 22.0. The quantitative estimate of drug-likeness (QED) is 0.520. The Morgan fingerprint density at radius 3 is 2.70 bits per heavy atom. The number of rotatable bonds is 7. The first-order chi connectivity index (χ1) is 15.9. The Hall–Kier alpha value is -3.31. The number of carbonyl (C=O) groups excluding carboxylic acids is 1. The maximum atomic E-state index is 13.4. The third-order valence-electron chi connectivity index (χ3n) is 5.00. The molecular formula is C21H21ClF2N6O3. The Kier molecular flexibility index (Phi) is 6.99. The van der Waals surface area contributed by atoms with Gasteiger partial charge < -0.3 is 20.1 Å². The zero-order valence-corrected chi connectivity index (χ0v) is 18.2. The van der Waals surface area contributed by atoms with E-state index in [9.17, 15) is 13.6 Å². The van der Waals surface area contributed by atoms with Crippen LogP contribution in [0.4, 0.5) is 14.7 Å². The molecule has 1 amide bonds. The number of nitrogens with zero attached hydrogens (tertiary/aromatic N) is 5. The number of hydrogen-bond acceptors (Lipinski definition) is 7. The van der Waals surface area contributed by atoms with E-state index in [1.165, 1.54) is 16.8 Å². The third kappa shape index (κ3) is 5.55. The summed E-state index contributed by atoms with van der Waals surface area (Å²) in [6.07, 6.45) is -2.60. The number of carbonyl (C=O) groups is 1. The number of halogens is 3. The lowest BCUT2D eigenvalue weighted by molar-refractivity contribution is -0.137. The zero-order valence-electron chi connectivity index (χ0n) is 17.5. The van der Waals surface area contributed by atoms with E-state index >= 15 is 0 Å². The summed E-state index contributed by atoms with van der Waals surface area (Å²) in [5.74, 6) is 0.369. The van der Waals surface area contributed by atoms with Crippen LogP contribution < -0.4 is 10.5 Å². The molecule has 0 spiro atoms. The number of benzene rings is 1. The number of alkyl halides is 2. The van der Waals surface area contributed by atoms with Gasteiger partial charge in [-0.05, 0) is 12.1 Å². The lowest BCUT2D eigenvalue weighted by Crippen LogP contribution is -2.43. The molecule has 1 fully saturated rings. The maximum Gasteiger partial charge on any atom is 0.282 e. The third-order valence-corrected chi connectivity index (χ3v) is 5.19. The highest BCUT2D eigenvalue weighted by atomic mass is 35.5. The number of anilines is 1. The first-order valence-corrected chi connectivity index (χ1v) is 10.5. The molecule has 1 aliphatic rings. The Bertz CT molecular complexity index is 1120. The van der Waals surface area contributed by atoms with Crippen LogP contribution in [-0.4, -0.2) is 63.5 Å². The van der Waals surface area contributed by atoms with Gasteiger partial charge in [-0.3, -0.25) is 4.79 Å². The maximum absolute atomic E-state index is 13.4. The van der Waals surface area contributed by atoms with Crippen molar-refractivity contribution in [1.82, 2.24) is 24.6 Å². The Morgan fingerprint density at radius 1 is 1.21 bits per heavy atom. The van der Waals surface area contributed by atoms with Gasteiger partial charge in [0.05, 0.1) is 18.9 Å². The second kappa shape index (κ2) is 10.1. The highest BCUT2D eigenvalue weighted by Gasteiger charge is 2.21. The number of para-hydroxylation sites is 1. The van der Waals surface area contributed by atoms with Crippen molar-refractivity contribution in [2.24, 2.45) is 0 Å². The first-order valence-electron chi connectivity index (χ1n) is 10.1. The predicted octanol–water partition coefficient (Wildman–Crippen LogP) is 2.66. The molecule has 1 saturated heterocycles. The van der Waals surface area contributed by atoms with Crippen molar-refractivity contribution in [3.63, 3.8) is 0 Å². The van der Waals surface area contributed by atoms with E-state index in [2.05, 4.69) is 15.1 Å². The van der Waals surface area contributed by atoms with Crippen LogP contribution in [0.3, 0.4) is 0 Å². The molecule has 12 heteroatoms.